The van der Waals surface area contributed by atoms with Gasteiger partial charge in [-0.2, -0.15) is 5.10 Å². The molecule has 3 N–H and O–H groups in total. The van der Waals surface area contributed by atoms with Gasteiger partial charge in [-0.25, -0.2) is 0 Å². The van der Waals surface area contributed by atoms with Crippen molar-refractivity contribution >= 4 is 11.9 Å². The van der Waals surface area contributed by atoms with Gasteiger partial charge >= 0.3 is 5.97 Å². The zero-order valence-electron chi connectivity index (χ0n) is 8.41. The number of aliphatic carboxylic acids is 1. The van der Waals surface area contributed by atoms with Crippen molar-refractivity contribution in [3.8, 4) is 0 Å². The lowest BCUT2D eigenvalue weighted by Gasteiger charge is -1.96. The predicted molar refractivity (Wildman–Crippen MR) is 52.6 cm³/mol. The molecule has 0 aliphatic rings. The lowest BCUT2D eigenvalue weighted by Crippen LogP contribution is -2.29. The highest BCUT2D eigenvalue weighted by atomic mass is 16.4. The van der Waals surface area contributed by atoms with Gasteiger partial charge in [0.2, 0.25) is 0 Å². The number of aromatic amines is 1. The van der Waals surface area contributed by atoms with Gasteiger partial charge < -0.3 is 10.4 Å². The summed E-state index contributed by atoms with van der Waals surface area (Å²) in [7, 11) is 0. The molecule has 0 bridgehead atoms. The number of carbonyl (C=O) groups is 2. The van der Waals surface area contributed by atoms with Crippen LogP contribution in [0.3, 0.4) is 0 Å². The quantitative estimate of drug-likeness (QED) is 0.647. The molecule has 6 heteroatoms. The zero-order chi connectivity index (χ0) is 11.3. The number of carboxylic acids is 1. The number of aryl methyl sites for hydroxylation is 1. The standard InChI is InChI=1S/C9H13N3O3/c1-2-3-6-4-7(12-11-6)9(15)10-5-8(13)14/h4H,2-3,5H2,1H3,(H,10,15)(H,11,12)(H,13,14). The van der Waals surface area contributed by atoms with Crippen LogP contribution in [0.2, 0.25) is 0 Å². The van der Waals surface area contributed by atoms with Crippen LogP contribution in [-0.2, 0) is 11.2 Å². The minimum atomic E-state index is -1.08. The lowest BCUT2D eigenvalue weighted by molar-refractivity contribution is -0.135. The Morgan fingerprint density at radius 3 is 2.93 bits per heavy atom. The summed E-state index contributed by atoms with van der Waals surface area (Å²) in [4.78, 5) is 21.5. The van der Waals surface area contributed by atoms with Gasteiger partial charge in [0.05, 0.1) is 0 Å². The number of aromatic nitrogens is 2. The first kappa shape index (κ1) is 11.2. The number of H-pyrrole nitrogens is 1. The van der Waals surface area contributed by atoms with Gasteiger partial charge in [0.15, 0.2) is 0 Å². The van der Waals surface area contributed by atoms with Crippen molar-refractivity contribution in [1.82, 2.24) is 15.5 Å². The van der Waals surface area contributed by atoms with Crippen LogP contribution in [0.4, 0.5) is 0 Å². The van der Waals surface area contributed by atoms with E-state index in [2.05, 4.69) is 15.5 Å². The van der Waals surface area contributed by atoms with Crippen LogP contribution < -0.4 is 5.32 Å². The molecule has 1 rings (SSSR count). The van der Waals surface area contributed by atoms with Crippen molar-refractivity contribution in [3.05, 3.63) is 17.5 Å². The molecule has 0 fully saturated rings. The molecule has 0 atom stereocenters. The van der Waals surface area contributed by atoms with E-state index in [-0.39, 0.29) is 5.69 Å². The van der Waals surface area contributed by atoms with Crippen molar-refractivity contribution in [3.63, 3.8) is 0 Å². The van der Waals surface area contributed by atoms with E-state index >= 15 is 0 Å². The van der Waals surface area contributed by atoms with E-state index in [4.69, 9.17) is 5.11 Å². The van der Waals surface area contributed by atoms with Gasteiger partial charge in [-0.05, 0) is 12.5 Å². The second-order valence-electron chi connectivity index (χ2n) is 3.10. The Morgan fingerprint density at radius 2 is 2.33 bits per heavy atom. The van der Waals surface area contributed by atoms with Gasteiger partial charge in [0.1, 0.15) is 12.2 Å². The number of carbonyl (C=O) groups excluding carboxylic acids is 1. The van der Waals surface area contributed by atoms with E-state index in [0.717, 1.165) is 18.5 Å². The molecule has 0 aromatic carbocycles. The highest BCUT2D eigenvalue weighted by molar-refractivity contribution is 5.94. The second-order valence-corrected chi connectivity index (χ2v) is 3.10. The highest BCUT2D eigenvalue weighted by Gasteiger charge is 2.10. The molecule has 82 valence electrons. The number of hydrogen-bond acceptors (Lipinski definition) is 3. The van der Waals surface area contributed by atoms with Gasteiger partial charge in [-0.1, -0.05) is 13.3 Å². The van der Waals surface area contributed by atoms with E-state index < -0.39 is 18.4 Å². The van der Waals surface area contributed by atoms with Crippen molar-refractivity contribution in [1.29, 1.82) is 0 Å². The van der Waals surface area contributed by atoms with Crippen LogP contribution in [0.5, 0.6) is 0 Å². The van der Waals surface area contributed by atoms with Crippen LogP contribution in [0, 0.1) is 0 Å². The molecule has 0 saturated heterocycles. The third kappa shape index (κ3) is 3.41. The average molecular weight is 211 g/mol. The Kier molecular flexibility index (Phi) is 3.84. The van der Waals surface area contributed by atoms with Gasteiger partial charge in [-0.3, -0.25) is 14.7 Å². The summed E-state index contributed by atoms with van der Waals surface area (Å²) in [5, 5.41) is 17.1. The van der Waals surface area contributed by atoms with Crippen LogP contribution in [-0.4, -0.2) is 33.7 Å². The zero-order valence-corrected chi connectivity index (χ0v) is 8.41. The van der Waals surface area contributed by atoms with Gasteiger partial charge in [0.25, 0.3) is 5.91 Å². The number of amides is 1. The van der Waals surface area contributed by atoms with Crippen molar-refractivity contribution < 1.29 is 14.7 Å². The molecule has 0 aliphatic carbocycles. The van der Waals surface area contributed by atoms with Crippen LogP contribution >= 0.6 is 0 Å². The number of rotatable bonds is 5. The molecule has 1 aromatic heterocycles. The molecule has 1 aromatic rings. The largest absolute Gasteiger partial charge is 0.480 e. The third-order valence-electron chi connectivity index (χ3n) is 1.78. The van der Waals surface area contributed by atoms with E-state index in [1.807, 2.05) is 6.92 Å². The first-order chi connectivity index (χ1) is 7.13. The summed E-state index contributed by atoms with van der Waals surface area (Å²) in [5.41, 5.74) is 1.10. The smallest absolute Gasteiger partial charge is 0.322 e. The van der Waals surface area contributed by atoms with Crippen molar-refractivity contribution in [2.45, 2.75) is 19.8 Å². The van der Waals surface area contributed by atoms with Crippen LogP contribution in [0.25, 0.3) is 0 Å². The fraction of sp³-hybridized carbons (Fsp3) is 0.444. The minimum absolute atomic E-state index is 0.222. The predicted octanol–water partition coefficient (Wildman–Crippen LogP) is 0.177. The van der Waals surface area contributed by atoms with E-state index in [9.17, 15) is 9.59 Å². The fourth-order valence-corrected chi connectivity index (χ4v) is 1.12. The average Bonchev–Trinajstić information content (AvgIpc) is 2.63. The van der Waals surface area contributed by atoms with E-state index in [1.165, 1.54) is 0 Å². The molecular formula is C9H13N3O3. The molecule has 0 unspecified atom stereocenters. The summed E-state index contributed by atoms with van der Waals surface area (Å²) < 4.78 is 0. The summed E-state index contributed by atoms with van der Waals surface area (Å²) in [6.07, 6.45) is 1.78. The Hall–Kier alpha value is -1.85. The van der Waals surface area contributed by atoms with Crippen molar-refractivity contribution in [2.75, 3.05) is 6.54 Å². The maximum atomic E-state index is 11.3. The molecule has 1 heterocycles. The van der Waals surface area contributed by atoms with Crippen molar-refractivity contribution in [2.24, 2.45) is 0 Å². The summed E-state index contributed by atoms with van der Waals surface area (Å²) in [6.45, 7) is 1.62. The maximum absolute atomic E-state index is 11.3. The van der Waals surface area contributed by atoms with E-state index in [0.29, 0.717) is 0 Å². The monoisotopic (exact) mass is 211 g/mol. The third-order valence-corrected chi connectivity index (χ3v) is 1.78. The molecule has 0 radical (unpaired) electrons. The molecule has 0 saturated carbocycles. The Balaban J connectivity index is 2.54. The SMILES string of the molecule is CCCc1cc(C(=O)NCC(=O)O)n[nH]1. The van der Waals surface area contributed by atoms with Crippen LogP contribution in [0.1, 0.15) is 29.5 Å². The Bertz CT molecular complexity index is 359. The summed E-state index contributed by atoms with van der Waals surface area (Å²) in [5.74, 6) is -1.55. The van der Waals surface area contributed by atoms with E-state index in [1.54, 1.807) is 6.07 Å². The maximum Gasteiger partial charge on any atom is 0.322 e. The lowest BCUT2D eigenvalue weighted by atomic mass is 10.2. The molecule has 1 amide bonds. The number of carboxylic acid groups (broad SMARTS) is 1. The first-order valence-electron chi connectivity index (χ1n) is 4.67. The normalized spacial score (nSPS) is 9.93. The second kappa shape index (κ2) is 5.14. The first-order valence-corrected chi connectivity index (χ1v) is 4.67. The molecule has 0 aliphatic heterocycles. The summed E-state index contributed by atoms with van der Waals surface area (Å²) in [6, 6.07) is 1.63. The number of nitrogens with one attached hydrogen (secondary N) is 2. The topological polar surface area (TPSA) is 95.1 Å². The van der Waals surface area contributed by atoms with Crippen LogP contribution in [0.15, 0.2) is 6.07 Å². The highest BCUT2D eigenvalue weighted by Crippen LogP contribution is 2.01. The number of nitrogens with zero attached hydrogens (tertiary/aromatic N) is 1. The molecular weight excluding hydrogens is 198 g/mol. The number of hydrogen-bond donors (Lipinski definition) is 3. The minimum Gasteiger partial charge on any atom is -0.480 e. The van der Waals surface area contributed by atoms with Gasteiger partial charge in [0, 0.05) is 5.69 Å². The fourth-order valence-electron chi connectivity index (χ4n) is 1.12. The molecule has 15 heavy (non-hydrogen) atoms. The summed E-state index contributed by atoms with van der Waals surface area (Å²) >= 11 is 0. The molecule has 0 spiro atoms. The Morgan fingerprint density at radius 1 is 1.60 bits per heavy atom. The van der Waals surface area contributed by atoms with Gasteiger partial charge in [-0.15, -0.1) is 0 Å². The Labute approximate surface area is 86.7 Å². The molecule has 6 nitrogen and oxygen atoms in total.